The standard InChI is InChI=1S/C16H18N2O3S2.C16H14N2O3S.C15H12N2O3S.C10H10N2O3S/c1-3-10-23(19,20)21-18-16-14(8-9-22-16)15(11-17)13-7-5-4-6-12(13)2;1-12-3-7-14(8-4-12)16(11-17)18-21-22(19,20)15-9-5-13(2)6-10-15;1-12-7-9-13(10-8-12)15(11-16)17-20-21(18,19)14-5-3-2-4-6-14;1-8-3-5-9(6-4-8)10(7-11)12-15-16(2,13)14/h4-9,14-15H,3,10H2,1-2H3;3-10H,1-2H3;2-10H,1H3;3-6H,1-2H3/b2*18-16-;17-15+;12-10+. The van der Waals surface area contributed by atoms with Gasteiger partial charge in [-0.1, -0.05) is 195 Å². The van der Waals surface area contributed by atoms with Gasteiger partial charge >= 0.3 is 40.5 Å². The van der Waals surface area contributed by atoms with Crippen LogP contribution in [0.25, 0.3) is 0 Å². The van der Waals surface area contributed by atoms with Crippen molar-refractivity contribution in [1.29, 1.82) is 21.0 Å². The van der Waals surface area contributed by atoms with Crippen molar-refractivity contribution in [2.75, 3.05) is 12.0 Å². The van der Waals surface area contributed by atoms with Gasteiger partial charge in [-0.3, -0.25) is 17.1 Å². The molecule has 0 aliphatic carbocycles. The van der Waals surface area contributed by atoms with Gasteiger partial charge in [-0.05, 0) is 81.8 Å². The zero-order chi connectivity index (χ0) is 60.5. The molecule has 0 saturated heterocycles. The van der Waals surface area contributed by atoms with Crippen molar-refractivity contribution >= 4 is 74.4 Å². The maximum Gasteiger partial charge on any atom is 0.358 e. The molecule has 0 N–H and O–H groups in total. The van der Waals surface area contributed by atoms with Gasteiger partial charge in [0, 0.05) is 22.6 Å². The van der Waals surface area contributed by atoms with Gasteiger partial charge < -0.3 is 0 Å². The van der Waals surface area contributed by atoms with Crippen LogP contribution < -0.4 is 0 Å². The van der Waals surface area contributed by atoms with E-state index < -0.39 is 46.4 Å². The van der Waals surface area contributed by atoms with Crippen molar-refractivity contribution in [2.45, 2.75) is 63.7 Å². The second-order valence-corrected chi connectivity index (χ2v) is 24.6. The summed E-state index contributed by atoms with van der Waals surface area (Å²) in [5.74, 6) is -0.812. The Hall–Kier alpha value is -8.95. The minimum atomic E-state index is -4.04. The highest BCUT2D eigenvalue weighted by molar-refractivity contribution is 8.16. The van der Waals surface area contributed by atoms with Crippen LogP contribution >= 0.6 is 11.8 Å². The van der Waals surface area contributed by atoms with E-state index >= 15 is 0 Å². The third-order valence-corrected chi connectivity index (χ3v) is 15.5. The Labute approximate surface area is 483 Å². The summed E-state index contributed by atoms with van der Waals surface area (Å²) < 4.78 is 111. The number of allylic oxidation sites excluding steroid dienone is 1. The Morgan fingerprint density at radius 3 is 1.30 bits per heavy atom. The first-order valence-corrected chi connectivity index (χ1v) is 31.3. The molecular formula is C57H54N8O12S5. The van der Waals surface area contributed by atoms with Gasteiger partial charge in [0.25, 0.3) is 0 Å². The average Bonchev–Trinajstić information content (AvgIpc) is 3.97. The smallest absolute Gasteiger partial charge is 0.268 e. The molecule has 0 saturated carbocycles. The molecule has 82 heavy (non-hydrogen) atoms. The van der Waals surface area contributed by atoms with Gasteiger partial charge in [0.2, 0.25) is 0 Å². The van der Waals surface area contributed by atoms with E-state index in [9.17, 15) is 38.9 Å². The topological polar surface area (TPSA) is 318 Å². The highest BCUT2D eigenvalue weighted by atomic mass is 32.2. The predicted octanol–water partition coefficient (Wildman–Crippen LogP) is 10.3. The number of hydrogen-bond acceptors (Lipinski definition) is 21. The van der Waals surface area contributed by atoms with Gasteiger partial charge in [0.15, 0.2) is 17.1 Å². The molecule has 1 aliphatic rings. The summed E-state index contributed by atoms with van der Waals surface area (Å²) in [5.41, 5.74) is 7.15. The fourth-order valence-corrected chi connectivity index (χ4v) is 9.90. The molecule has 20 nitrogen and oxygen atoms in total. The molecule has 7 rings (SSSR count). The van der Waals surface area contributed by atoms with Crippen LogP contribution in [0.5, 0.6) is 0 Å². The van der Waals surface area contributed by atoms with Crippen LogP contribution in [0.4, 0.5) is 0 Å². The zero-order valence-electron chi connectivity index (χ0n) is 45.2. The number of nitrogens with zero attached hydrogens (tertiary/aromatic N) is 8. The van der Waals surface area contributed by atoms with E-state index in [0.29, 0.717) is 28.2 Å². The number of oxime groups is 4. The summed E-state index contributed by atoms with van der Waals surface area (Å²) in [5, 5.41) is 52.8. The number of hydrogen-bond donors (Lipinski definition) is 0. The van der Waals surface area contributed by atoms with Crippen LogP contribution in [-0.2, 0) is 57.6 Å². The molecular weight excluding hydrogens is 1150 g/mol. The molecule has 1 heterocycles. The van der Waals surface area contributed by atoms with Crippen LogP contribution in [-0.4, -0.2) is 67.9 Å². The molecule has 0 radical (unpaired) electrons. The summed E-state index contributed by atoms with van der Waals surface area (Å²) in [6.07, 6.45) is 3.19. The van der Waals surface area contributed by atoms with Crippen LogP contribution in [0, 0.1) is 85.9 Å². The molecule has 2 atom stereocenters. The Balaban J connectivity index is 0.000000237. The summed E-state index contributed by atoms with van der Waals surface area (Å²) in [6, 6.07) is 50.0. The van der Waals surface area contributed by atoms with E-state index in [-0.39, 0.29) is 38.6 Å². The number of rotatable bonds is 17. The Bertz CT molecular complexity index is 3960. The summed E-state index contributed by atoms with van der Waals surface area (Å²) >= 11 is 1.28. The van der Waals surface area contributed by atoms with Crippen molar-refractivity contribution in [3.05, 3.63) is 213 Å². The zero-order valence-corrected chi connectivity index (χ0v) is 49.3. The van der Waals surface area contributed by atoms with Gasteiger partial charge in [0.1, 0.15) is 33.0 Å². The van der Waals surface area contributed by atoms with Crippen molar-refractivity contribution in [3.8, 4) is 24.3 Å². The van der Waals surface area contributed by atoms with Crippen molar-refractivity contribution in [1.82, 2.24) is 0 Å². The van der Waals surface area contributed by atoms with Crippen molar-refractivity contribution < 1.29 is 50.8 Å². The summed E-state index contributed by atoms with van der Waals surface area (Å²) in [7, 11) is -15.4. The largest absolute Gasteiger partial charge is 0.358 e. The molecule has 25 heteroatoms. The van der Waals surface area contributed by atoms with Gasteiger partial charge in [0.05, 0.1) is 24.0 Å². The quantitative estimate of drug-likeness (QED) is 0.0605. The normalized spacial score (nSPS) is 14.2. The van der Waals surface area contributed by atoms with Crippen LogP contribution in [0.1, 0.15) is 69.3 Å². The monoisotopic (exact) mass is 1200 g/mol. The second-order valence-electron chi connectivity index (χ2n) is 17.4. The lowest BCUT2D eigenvalue weighted by atomic mass is 9.85. The summed E-state index contributed by atoms with van der Waals surface area (Å²) in [6.45, 7) is 11.3. The number of thioether (sulfide) groups is 1. The first-order chi connectivity index (χ1) is 38.8. The number of benzene rings is 6. The molecule has 6 aromatic carbocycles. The Kier molecular flexibility index (Phi) is 24.9. The van der Waals surface area contributed by atoms with Crippen LogP contribution in [0.3, 0.4) is 0 Å². The highest BCUT2D eigenvalue weighted by Gasteiger charge is 2.31. The van der Waals surface area contributed by atoms with Crippen LogP contribution in [0.2, 0.25) is 0 Å². The molecule has 424 valence electrons. The van der Waals surface area contributed by atoms with E-state index in [1.165, 1.54) is 36.0 Å². The molecule has 6 aromatic rings. The van der Waals surface area contributed by atoms with Crippen molar-refractivity contribution in [3.63, 3.8) is 0 Å². The van der Waals surface area contributed by atoms with Gasteiger partial charge in [-0.15, -0.1) is 0 Å². The number of aryl methyl sites for hydroxylation is 5. The molecule has 2 unspecified atom stereocenters. The highest BCUT2D eigenvalue weighted by Crippen LogP contribution is 2.37. The number of nitriles is 4. The van der Waals surface area contributed by atoms with Crippen molar-refractivity contribution in [2.24, 2.45) is 26.5 Å². The fraction of sp³-hybridized carbons (Fsp3) is 0.193. The maximum atomic E-state index is 12.0. The molecule has 1 aliphatic heterocycles. The molecule has 0 spiro atoms. The first-order valence-electron chi connectivity index (χ1n) is 24.2. The minimum Gasteiger partial charge on any atom is -0.268 e. The van der Waals surface area contributed by atoms with Gasteiger partial charge in [-0.25, -0.2) is 0 Å². The SMILES string of the molecule is CCCS(=O)(=O)O/N=C1\SC=CC1C(C#N)c1ccccc1C.Cc1ccc(/C(C#N)=N/OS(=O)(=O)c2ccccc2)cc1.Cc1ccc(/C(C#N)=N/OS(C)(=O)=O)cc1.Cc1ccc(/C(C#N)=N\OS(=O)(=O)c2ccc(C)cc2)cc1. The van der Waals surface area contributed by atoms with Gasteiger partial charge in [-0.2, -0.15) is 54.7 Å². The lowest BCUT2D eigenvalue weighted by Crippen LogP contribution is -2.17. The van der Waals surface area contributed by atoms with E-state index in [2.05, 4.69) is 39.5 Å². The van der Waals surface area contributed by atoms with E-state index in [1.807, 2.05) is 82.5 Å². The first kappa shape index (κ1) is 65.6. The molecule has 0 bridgehead atoms. The third-order valence-electron chi connectivity index (χ3n) is 10.8. The predicted molar refractivity (Wildman–Crippen MR) is 312 cm³/mol. The lowest BCUT2D eigenvalue weighted by Gasteiger charge is -2.17. The van der Waals surface area contributed by atoms with E-state index in [4.69, 9.17) is 20.1 Å². The maximum absolute atomic E-state index is 12.0. The molecule has 0 amide bonds. The third kappa shape index (κ3) is 21.3. The van der Waals surface area contributed by atoms with E-state index in [1.54, 1.807) is 116 Å². The fourth-order valence-electron chi connectivity index (χ4n) is 6.55. The van der Waals surface area contributed by atoms with Crippen LogP contribution in [0.15, 0.2) is 194 Å². The molecule has 0 aromatic heterocycles. The minimum absolute atomic E-state index is 0.0111. The Morgan fingerprint density at radius 1 is 0.524 bits per heavy atom. The Morgan fingerprint density at radius 2 is 0.915 bits per heavy atom. The molecule has 0 fully saturated rings. The second kappa shape index (κ2) is 31.2. The summed E-state index contributed by atoms with van der Waals surface area (Å²) in [4.78, 5) is -0.0296. The average molecular weight is 1200 g/mol. The van der Waals surface area contributed by atoms with E-state index in [0.717, 1.165) is 39.6 Å². The lowest BCUT2D eigenvalue weighted by molar-refractivity contribution is 0.337.